The predicted octanol–water partition coefficient (Wildman–Crippen LogP) is 0.675. The molecule has 0 saturated heterocycles. The van der Waals surface area contributed by atoms with E-state index >= 15 is 0 Å². The van der Waals surface area contributed by atoms with Gasteiger partial charge in [-0.3, -0.25) is 15.1 Å². The van der Waals surface area contributed by atoms with Gasteiger partial charge in [-0.15, -0.1) is 11.3 Å². The summed E-state index contributed by atoms with van der Waals surface area (Å²) in [6, 6.07) is 1.58. The number of amides is 1. The van der Waals surface area contributed by atoms with Crippen LogP contribution in [-0.2, 0) is 13.1 Å². The molecule has 2 rings (SSSR count). The minimum atomic E-state index is -0.462. The number of hydrogen-bond acceptors (Lipinski definition) is 7. The quantitative estimate of drug-likeness (QED) is 0.475. The number of aromatic nitrogens is 2. The molecule has 2 heterocycles. The number of aryl methyl sites for hydroxylation is 1. The van der Waals surface area contributed by atoms with Gasteiger partial charge in [0.25, 0.3) is 5.91 Å². The maximum absolute atomic E-state index is 11.2. The van der Waals surface area contributed by atoms with Crippen molar-refractivity contribution in [2.24, 2.45) is 5.84 Å². The Morgan fingerprint density at radius 3 is 3.00 bits per heavy atom. The second-order valence-corrected chi connectivity index (χ2v) is 5.12. The van der Waals surface area contributed by atoms with Gasteiger partial charge in [0.05, 0.1) is 17.7 Å². The first-order valence-corrected chi connectivity index (χ1v) is 6.52. The van der Waals surface area contributed by atoms with Crippen LogP contribution in [0.2, 0.25) is 0 Å². The van der Waals surface area contributed by atoms with Crippen molar-refractivity contribution >= 4 is 17.2 Å². The van der Waals surface area contributed by atoms with Crippen molar-refractivity contribution in [3.63, 3.8) is 0 Å². The van der Waals surface area contributed by atoms with Crippen molar-refractivity contribution in [3.05, 3.63) is 33.6 Å². The molecule has 0 aliphatic rings. The highest BCUT2D eigenvalue weighted by molar-refractivity contribution is 7.09. The molecule has 8 heteroatoms. The molecule has 3 N–H and O–H groups in total. The Kier molecular flexibility index (Phi) is 4.25. The third-order valence-electron chi connectivity index (χ3n) is 2.61. The molecule has 0 aliphatic carbocycles. The van der Waals surface area contributed by atoms with E-state index in [4.69, 9.17) is 10.4 Å². The van der Waals surface area contributed by atoms with E-state index < -0.39 is 5.91 Å². The summed E-state index contributed by atoms with van der Waals surface area (Å²) in [4.78, 5) is 18.7. The smallest absolute Gasteiger partial charge is 0.287 e. The lowest BCUT2D eigenvalue weighted by atomic mass is 10.3. The fourth-order valence-electron chi connectivity index (χ4n) is 1.61. The maximum atomic E-state index is 11.2. The van der Waals surface area contributed by atoms with E-state index in [-0.39, 0.29) is 5.69 Å². The normalized spacial score (nSPS) is 10.9. The highest BCUT2D eigenvalue weighted by atomic mass is 32.1. The number of nitrogens with one attached hydrogen (secondary N) is 1. The summed E-state index contributed by atoms with van der Waals surface area (Å²) in [5, 5.41) is 3.65. The fourth-order valence-corrected chi connectivity index (χ4v) is 2.47. The molecular weight excluding hydrogens is 266 g/mol. The Labute approximate surface area is 114 Å². The van der Waals surface area contributed by atoms with Gasteiger partial charge >= 0.3 is 0 Å². The van der Waals surface area contributed by atoms with E-state index in [1.165, 1.54) is 4.88 Å². The van der Waals surface area contributed by atoms with Gasteiger partial charge in [-0.2, -0.15) is 0 Å². The Bertz CT molecular complexity index is 565. The van der Waals surface area contributed by atoms with Crippen LogP contribution in [0.15, 0.2) is 16.1 Å². The van der Waals surface area contributed by atoms with E-state index in [9.17, 15) is 4.79 Å². The largest absolute Gasteiger partial charge is 0.359 e. The van der Waals surface area contributed by atoms with Gasteiger partial charge in [-0.1, -0.05) is 5.16 Å². The van der Waals surface area contributed by atoms with Crippen LogP contribution in [0.25, 0.3) is 0 Å². The minimum absolute atomic E-state index is 0.180. The molecule has 0 radical (unpaired) electrons. The molecule has 0 aliphatic heterocycles. The Morgan fingerprint density at radius 1 is 1.58 bits per heavy atom. The predicted molar refractivity (Wildman–Crippen MR) is 70.2 cm³/mol. The number of carbonyl (C=O) groups excluding carboxylic acids is 1. The fraction of sp³-hybridized carbons (Fsp3) is 0.364. The summed E-state index contributed by atoms with van der Waals surface area (Å²) in [5.74, 6) is 5.18. The molecule has 0 saturated carbocycles. The number of thiazole rings is 1. The average molecular weight is 281 g/mol. The SMILES string of the molecule is Cc1ncsc1CN(C)Cc1cc(C(=O)NN)no1. The highest BCUT2D eigenvalue weighted by Gasteiger charge is 2.13. The van der Waals surface area contributed by atoms with Gasteiger partial charge in [-0.25, -0.2) is 10.8 Å². The second kappa shape index (κ2) is 5.91. The van der Waals surface area contributed by atoms with Crippen LogP contribution in [0.1, 0.15) is 26.8 Å². The Balaban J connectivity index is 1.95. The summed E-state index contributed by atoms with van der Waals surface area (Å²) >= 11 is 1.62. The molecular formula is C11H15N5O2S. The van der Waals surface area contributed by atoms with E-state index in [2.05, 4.69) is 15.0 Å². The standard InChI is InChI=1S/C11H15N5O2S/c1-7-10(19-6-13-7)5-16(2)4-8-3-9(15-18-8)11(17)14-12/h3,6H,4-5,12H2,1-2H3,(H,14,17). The number of carbonyl (C=O) groups is 1. The maximum Gasteiger partial charge on any atom is 0.287 e. The lowest BCUT2D eigenvalue weighted by Crippen LogP contribution is -2.30. The molecule has 19 heavy (non-hydrogen) atoms. The number of hydrogen-bond donors (Lipinski definition) is 2. The summed E-state index contributed by atoms with van der Waals surface area (Å²) in [5.41, 5.74) is 5.06. The van der Waals surface area contributed by atoms with E-state index in [1.54, 1.807) is 17.4 Å². The van der Waals surface area contributed by atoms with E-state index in [0.29, 0.717) is 12.3 Å². The second-order valence-electron chi connectivity index (χ2n) is 4.19. The summed E-state index contributed by atoms with van der Waals surface area (Å²) in [6.07, 6.45) is 0. The molecule has 1 amide bonds. The molecule has 7 nitrogen and oxygen atoms in total. The van der Waals surface area contributed by atoms with Crippen LogP contribution in [0.4, 0.5) is 0 Å². The van der Waals surface area contributed by atoms with Crippen LogP contribution < -0.4 is 11.3 Å². The first-order chi connectivity index (χ1) is 9.10. The van der Waals surface area contributed by atoms with Gasteiger partial charge in [0.2, 0.25) is 0 Å². The van der Waals surface area contributed by atoms with Gasteiger partial charge < -0.3 is 4.52 Å². The molecule has 0 atom stereocenters. The Morgan fingerprint density at radius 2 is 2.37 bits per heavy atom. The summed E-state index contributed by atoms with van der Waals surface area (Å²) in [7, 11) is 1.96. The topological polar surface area (TPSA) is 97.3 Å². The number of nitrogen functional groups attached to an aromatic ring is 1. The number of hydrazine groups is 1. The lowest BCUT2D eigenvalue weighted by Gasteiger charge is -2.13. The van der Waals surface area contributed by atoms with E-state index in [1.807, 2.05) is 24.9 Å². The zero-order chi connectivity index (χ0) is 13.8. The molecule has 2 aromatic heterocycles. The van der Waals surface area contributed by atoms with Gasteiger partial charge in [-0.05, 0) is 14.0 Å². The first kappa shape index (κ1) is 13.7. The molecule has 2 aromatic rings. The van der Waals surface area contributed by atoms with Crippen molar-refractivity contribution in [2.45, 2.75) is 20.0 Å². The monoisotopic (exact) mass is 281 g/mol. The van der Waals surface area contributed by atoms with Crippen LogP contribution in [0.5, 0.6) is 0 Å². The molecule has 0 spiro atoms. The van der Waals surface area contributed by atoms with Crippen LogP contribution >= 0.6 is 11.3 Å². The van der Waals surface area contributed by atoms with Gasteiger partial charge in [0.15, 0.2) is 11.5 Å². The lowest BCUT2D eigenvalue weighted by molar-refractivity contribution is 0.0944. The Hall–Kier alpha value is -1.77. The summed E-state index contributed by atoms with van der Waals surface area (Å²) in [6.45, 7) is 3.32. The molecule has 0 aromatic carbocycles. The zero-order valence-electron chi connectivity index (χ0n) is 10.7. The zero-order valence-corrected chi connectivity index (χ0v) is 11.5. The highest BCUT2D eigenvalue weighted by Crippen LogP contribution is 2.15. The first-order valence-electron chi connectivity index (χ1n) is 5.64. The van der Waals surface area contributed by atoms with Crippen molar-refractivity contribution in [2.75, 3.05) is 7.05 Å². The molecule has 0 bridgehead atoms. The molecule has 102 valence electrons. The molecule has 0 unspecified atom stereocenters. The van der Waals surface area contributed by atoms with Gasteiger partial charge in [0, 0.05) is 17.5 Å². The number of nitrogens with zero attached hydrogens (tertiary/aromatic N) is 3. The van der Waals surface area contributed by atoms with Crippen molar-refractivity contribution in [1.82, 2.24) is 20.5 Å². The van der Waals surface area contributed by atoms with Gasteiger partial charge in [0.1, 0.15) is 0 Å². The van der Waals surface area contributed by atoms with Crippen LogP contribution in [-0.4, -0.2) is 28.0 Å². The third-order valence-corrected chi connectivity index (χ3v) is 3.53. The number of rotatable bonds is 5. The van der Waals surface area contributed by atoms with E-state index in [0.717, 1.165) is 12.2 Å². The third kappa shape index (κ3) is 3.37. The van der Waals surface area contributed by atoms with Crippen molar-refractivity contribution < 1.29 is 9.32 Å². The van der Waals surface area contributed by atoms with Crippen LogP contribution in [0.3, 0.4) is 0 Å². The average Bonchev–Trinajstić information content (AvgIpc) is 2.99. The minimum Gasteiger partial charge on any atom is -0.359 e. The van der Waals surface area contributed by atoms with Crippen molar-refractivity contribution in [1.29, 1.82) is 0 Å². The number of nitrogens with two attached hydrogens (primary N) is 1. The van der Waals surface area contributed by atoms with Crippen LogP contribution in [0, 0.1) is 6.92 Å². The van der Waals surface area contributed by atoms with Crippen molar-refractivity contribution in [3.8, 4) is 0 Å². The summed E-state index contributed by atoms with van der Waals surface area (Å²) < 4.78 is 5.09. The molecule has 0 fully saturated rings.